The number of nitrogens with zero attached hydrogens (tertiary/aromatic N) is 4. The minimum absolute atomic E-state index is 0.250. The van der Waals surface area contributed by atoms with Crippen LogP contribution in [0.2, 0.25) is 0 Å². The molecule has 216 valence electrons. The number of pyridine rings is 1. The molecule has 5 heterocycles. The van der Waals surface area contributed by atoms with Gasteiger partial charge in [0.15, 0.2) is 11.8 Å². The van der Waals surface area contributed by atoms with Crippen molar-refractivity contribution in [1.82, 2.24) is 24.7 Å². The summed E-state index contributed by atoms with van der Waals surface area (Å²) < 4.78 is 19.2. The molecule has 2 aliphatic rings. The highest BCUT2D eigenvalue weighted by Gasteiger charge is 2.48. The number of benzene rings is 2. The molecule has 5 aromatic rings. The summed E-state index contributed by atoms with van der Waals surface area (Å²) >= 11 is 0. The van der Waals surface area contributed by atoms with Gasteiger partial charge in [0.2, 0.25) is 0 Å². The molecule has 2 fully saturated rings. The van der Waals surface area contributed by atoms with Crippen LogP contribution in [-0.4, -0.2) is 78.2 Å². The fourth-order valence-corrected chi connectivity index (χ4v) is 5.78. The number of aromatic nitrogens is 5. The number of hydrogen-bond acceptors (Lipinski definition) is 8. The summed E-state index contributed by atoms with van der Waals surface area (Å²) in [5, 5.41) is 24.5. The van der Waals surface area contributed by atoms with E-state index in [1.165, 1.54) is 0 Å². The van der Waals surface area contributed by atoms with E-state index < -0.39 is 11.7 Å². The van der Waals surface area contributed by atoms with E-state index in [1.54, 1.807) is 20.0 Å². The third-order valence-corrected chi connectivity index (χ3v) is 7.78. The van der Waals surface area contributed by atoms with Crippen molar-refractivity contribution in [2.45, 2.75) is 57.2 Å². The van der Waals surface area contributed by atoms with Crippen molar-refractivity contribution in [2.75, 3.05) is 13.2 Å². The molecule has 10 nitrogen and oxygen atoms in total. The zero-order valence-electron chi connectivity index (χ0n) is 23.7. The van der Waals surface area contributed by atoms with E-state index in [-0.39, 0.29) is 24.9 Å². The average Bonchev–Trinajstić information content (AvgIpc) is 3.75. The molecule has 42 heavy (non-hydrogen) atoms. The van der Waals surface area contributed by atoms with Crippen LogP contribution in [0.3, 0.4) is 0 Å². The first-order valence-corrected chi connectivity index (χ1v) is 14.1. The molecule has 0 radical (unpaired) electrons. The summed E-state index contributed by atoms with van der Waals surface area (Å²) in [7, 11) is 0. The molecule has 3 aromatic heterocycles. The first-order chi connectivity index (χ1) is 20.2. The molecule has 0 spiro atoms. The number of imidazole rings is 1. The van der Waals surface area contributed by atoms with Crippen LogP contribution in [0.15, 0.2) is 67.0 Å². The third kappa shape index (κ3) is 5.18. The van der Waals surface area contributed by atoms with Crippen LogP contribution in [0.25, 0.3) is 39.2 Å². The molecule has 2 aromatic carbocycles. The standard InChI is InChI=1S/C32H33N5O5/c1-18-12-24-30(36-31(34-24)42-26-17-41-28-25(38)16-40-29(26)28)35-27(18)22-6-4-20(5-7-22)21-8-10-23(11-9-21)37-15-19(14-33-37)13-32(2,3)39/h4-12,14-15,25-26,28-29,38-39H,13,16-17H2,1-3H3,(H,34,35,36). The van der Waals surface area contributed by atoms with Gasteiger partial charge in [0.25, 0.3) is 6.01 Å². The van der Waals surface area contributed by atoms with E-state index in [2.05, 4.69) is 51.5 Å². The van der Waals surface area contributed by atoms with Crippen molar-refractivity contribution in [3.63, 3.8) is 0 Å². The lowest BCUT2D eigenvalue weighted by atomic mass is 10.0. The fraction of sp³-hybridized carbons (Fsp3) is 0.344. The summed E-state index contributed by atoms with van der Waals surface area (Å²) in [6.45, 7) is 6.21. The highest BCUT2D eigenvalue weighted by atomic mass is 16.6. The minimum Gasteiger partial charge on any atom is -0.456 e. The number of aliphatic hydroxyl groups is 2. The second-order valence-electron chi connectivity index (χ2n) is 11.8. The number of hydrogen-bond donors (Lipinski definition) is 3. The molecule has 7 rings (SSSR count). The average molecular weight is 568 g/mol. The quantitative estimate of drug-likeness (QED) is 0.269. The van der Waals surface area contributed by atoms with Crippen LogP contribution < -0.4 is 4.74 Å². The molecule has 0 aliphatic carbocycles. The molecule has 0 bridgehead atoms. The number of aromatic amines is 1. The lowest BCUT2D eigenvalue weighted by Gasteiger charge is -2.15. The third-order valence-electron chi connectivity index (χ3n) is 7.78. The Bertz CT molecular complexity index is 1720. The number of rotatable bonds is 7. The van der Waals surface area contributed by atoms with Crippen molar-refractivity contribution in [2.24, 2.45) is 0 Å². The Morgan fingerprint density at radius 2 is 1.67 bits per heavy atom. The van der Waals surface area contributed by atoms with Crippen LogP contribution in [0.4, 0.5) is 0 Å². The van der Waals surface area contributed by atoms with Crippen molar-refractivity contribution in [3.8, 4) is 34.1 Å². The van der Waals surface area contributed by atoms with Gasteiger partial charge in [0.1, 0.15) is 18.3 Å². The van der Waals surface area contributed by atoms with Gasteiger partial charge in [-0.15, -0.1) is 0 Å². The van der Waals surface area contributed by atoms with E-state index in [0.717, 1.165) is 44.7 Å². The molecule has 2 aliphatic heterocycles. The Balaban J connectivity index is 1.07. The first kappa shape index (κ1) is 26.8. The number of fused-ring (bicyclic) bond motifs is 2. The van der Waals surface area contributed by atoms with Gasteiger partial charge < -0.3 is 29.4 Å². The minimum atomic E-state index is -0.773. The second kappa shape index (κ2) is 10.3. The van der Waals surface area contributed by atoms with Crippen LogP contribution in [0, 0.1) is 6.92 Å². The normalized spacial score (nSPS) is 22.1. The van der Waals surface area contributed by atoms with E-state index in [1.807, 2.05) is 36.0 Å². The van der Waals surface area contributed by atoms with Crippen molar-refractivity contribution >= 4 is 11.2 Å². The zero-order chi connectivity index (χ0) is 29.0. The number of H-pyrrole nitrogens is 1. The summed E-state index contributed by atoms with van der Waals surface area (Å²) in [4.78, 5) is 12.6. The van der Waals surface area contributed by atoms with Gasteiger partial charge in [0, 0.05) is 18.2 Å². The topological polar surface area (TPSA) is 128 Å². The highest BCUT2D eigenvalue weighted by Crippen LogP contribution is 2.31. The number of ether oxygens (including phenoxy) is 3. The number of aliphatic hydroxyl groups excluding tert-OH is 1. The summed E-state index contributed by atoms with van der Waals surface area (Å²) in [6, 6.07) is 19.0. The molecule has 0 amide bonds. The van der Waals surface area contributed by atoms with Gasteiger partial charge in [-0.25, -0.2) is 9.67 Å². The maximum absolute atomic E-state index is 10.1. The fourth-order valence-electron chi connectivity index (χ4n) is 5.78. The SMILES string of the molecule is Cc1cc2[nH]c(OC3COC4C(O)COC34)nc2nc1-c1ccc(-c2ccc(-n3cc(CC(C)(C)O)cn3)cc2)cc1. The van der Waals surface area contributed by atoms with Crippen molar-refractivity contribution < 1.29 is 24.4 Å². The van der Waals surface area contributed by atoms with Gasteiger partial charge in [-0.3, -0.25) is 0 Å². The van der Waals surface area contributed by atoms with Crippen LogP contribution in [0.1, 0.15) is 25.0 Å². The molecule has 0 saturated carbocycles. The first-order valence-electron chi connectivity index (χ1n) is 14.1. The summed E-state index contributed by atoms with van der Waals surface area (Å²) in [5.74, 6) is 0. The van der Waals surface area contributed by atoms with Crippen molar-refractivity contribution in [1.29, 1.82) is 0 Å². The van der Waals surface area contributed by atoms with Crippen LogP contribution >= 0.6 is 0 Å². The van der Waals surface area contributed by atoms with Gasteiger partial charge in [0.05, 0.1) is 41.9 Å². The zero-order valence-corrected chi connectivity index (χ0v) is 23.7. The van der Waals surface area contributed by atoms with E-state index in [9.17, 15) is 10.2 Å². The lowest BCUT2D eigenvalue weighted by molar-refractivity contribution is 0.00706. The Labute approximate surface area is 242 Å². The smallest absolute Gasteiger partial charge is 0.296 e. The molecule has 2 saturated heterocycles. The van der Waals surface area contributed by atoms with Crippen LogP contribution in [-0.2, 0) is 15.9 Å². The van der Waals surface area contributed by atoms with Crippen molar-refractivity contribution in [3.05, 3.63) is 78.1 Å². The molecular formula is C32H33N5O5. The highest BCUT2D eigenvalue weighted by molar-refractivity contribution is 5.79. The van der Waals surface area contributed by atoms with E-state index in [0.29, 0.717) is 24.7 Å². The molecular weight excluding hydrogens is 534 g/mol. The lowest BCUT2D eigenvalue weighted by Crippen LogP contribution is -2.34. The Hall–Kier alpha value is -4.09. The monoisotopic (exact) mass is 567 g/mol. The van der Waals surface area contributed by atoms with Crippen LogP contribution in [0.5, 0.6) is 6.01 Å². The molecule has 4 unspecified atom stereocenters. The molecule has 3 N–H and O–H groups in total. The predicted molar refractivity (Wildman–Crippen MR) is 157 cm³/mol. The van der Waals surface area contributed by atoms with Gasteiger partial charge in [-0.1, -0.05) is 36.4 Å². The summed E-state index contributed by atoms with van der Waals surface area (Å²) in [5.41, 5.74) is 7.60. The molecule has 4 atom stereocenters. The van der Waals surface area contributed by atoms with E-state index in [4.69, 9.17) is 19.2 Å². The maximum Gasteiger partial charge on any atom is 0.296 e. The Morgan fingerprint density at radius 1 is 0.976 bits per heavy atom. The Kier molecular flexibility index (Phi) is 6.58. The van der Waals surface area contributed by atoms with Gasteiger partial charge >= 0.3 is 0 Å². The largest absolute Gasteiger partial charge is 0.456 e. The van der Waals surface area contributed by atoms with Gasteiger partial charge in [-0.2, -0.15) is 10.1 Å². The second-order valence-corrected chi connectivity index (χ2v) is 11.8. The maximum atomic E-state index is 10.1. The Morgan fingerprint density at radius 3 is 2.40 bits per heavy atom. The number of aryl methyl sites for hydroxylation is 1. The molecule has 10 heteroatoms. The van der Waals surface area contributed by atoms with E-state index >= 15 is 0 Å². The number of nitrogens with one attached hydrogen (secondary N) is 1. The summed E-state index contributed by atoms with van der Waals surface area (Å²) in [6.07, 6.45) is 2.66. The van der Waals surface area contributed by atoms with Gasteiger partial charge in [-0.05, 0) is 61.2 Å². The predicted octanol–water partition coefficient (Wildman–Crippen LogP) is 4.01.